The third kappa shape index (κ3) is 7.54. The molecule has 0 radical (unpaired) electrons. The summed E-state index contributed by atoms with van der Waals surface area (Å²) in [5, 5.41) is 5.63. The average Bonchev–Trinajstić information content (AvgIpc) is 2.69. The molecule has 0 saturated heterocycles. The molecule has 1 amide bonds. The van der Waals surface area contributed by atoms with Gasteiger partial charge < -0.3 is 14.8 Å². The van der Waals surface area contributed by atoms with Crippen molar-refractivity contribution in [3.05, 3.63) is 36.0 Å². The highest BCUT2D eigenvalue weighted by atomic mass is 16.6. The zero-order valence-electron chi connectivity index (χ0n) is 18.6. The molecule has 0 spiro atoms. The van der Waals surface area contributed by atoms with Gasteiger partial charge in [-0.25, -0.2) is 14.8 Å². The largest absolute Gasteiger partial charge is 0.455 e. The van der Waals surface area contributed by atoms with Gasteiger partial charge in [-0.1, -0.05) is 13.8 Å². The van der Waals surface area contributed by atoms with Gasteiger partial charge in [0.2, 0.25) is 0 Å². The number of aldehydes is 1. The summed E-state index contributed by atoms with van der Waals surface area (Å²) >= 11 is 0. The van der Waals surface area contributed by atoms with Crippen LogP contribution in [-0.4, -0.2) is 36.2 Å². The van der Waals surface area contributed by atoms with Crippen LogP contribution in [0.15, 0.2) is 35.5 Å². The van der Waals surface area contributed by atoms with Crippen molar-refractivity contribution >= 4 is 35.8 Å². The normalized spacial score (nSPS) is 10.6. The van der Waals surface area contributed by atoms with Gasteiger partial charge in [0.15, 0.2) is 17.9 Å². The van der Waals surface area contributed by atoms with Gasteiger partial charge in [-0.15, -0.1) is 0 Å². The lowest BCUT2D eigenvalue weighted by molar-refractivity contribution is -0.102. The summed E-state index contributed by atoms with van der Waals surface area (Å²) in [6.07, 6.45) is 2.76. The molecule has 0 bridgehead atoms. The molecule has 0 fully saturated rings. The van der Waals surface area contributed by atoms with Gasteiger partial charge in [0.25, 0.3) is 0 Å². The third-order valence-corrected chi connectivity index (χ3v) is 3.45. The van der Waals surface area contributed by atoms with Crippen LogP contribution in [0.5, 0.6) is 11.5 Å². The predicted molar refractivity (Wildman–Crippen MR) is 120 cm³/mol. The number of hydrogen-bond acceptors (Lipinski definition) is 7. The Labute approximate surface area is 177 Å². The van der Waals surface area contributed by atoms with Gasteiger partial charge in [-0.3, -0.25) is 10.1 Å². The molecule has 0 saturated carbocycles. The zero-order chi connectivity index (χ0) is 22.7. The summed E-state index contributed by atoms with van der Waals surface area (Å²) in [5.74, 6) is 1.46. The van der Waals surface area contributed by atoms with E-state index in [1.54, 1.807) is 58.3 Å². The fourth-order valence-electron chi connectivity index (χ4n) is 2.31. The highest BCUT2D eigenvalue weighted by Crippen LogP contribution is 2.37. The van der Waals surface area contributed by atoms with Crippen LogP contribution in [0.3, 0.4) is 0 Å². The minimum atomic E-state index is -0.578. The Morgan fingerprint density at radius 1 is 1.20 bits per heavy atom. The molecule has 0 aliphatic carbocycles. The lowest BCUT2D eigenvalue weighted by Crippen LogP contribution is -2.27. The van der Waals surface area contributed by atoms with E-state index in [-0.39, 0.29) is 0 Å². The number of nitrogens with one attached hydrogen (secondary N) is 2. The molecular weight excluding hydrogens is 384 g/mol. The van der Waals surface area contributed by atoms with Crippen molar-refractivity contribution in [2.24, 2.45) is 4.99 Å². The molecule has 30 heavy (non-hydrogen) atoms. The molecule has 0 aliphatic heterocycles. The molecule has 2 N–H and O–H groups in total. The van der Waals surface area contributed by atoms with Gasteiger partial charge in [0.1, 0.15) is 17.0 Å². The number of carbonyl (C=O) groups excluding carboxylic acids is 2. The van der Waals surface area contributed by atoms with E-state index in [0.29, 0.717) is 35.0 Å². The predicted octanol–water partition coefficient (Wildman–Crippen LogP) is 5.50. The van der Waals surface area contributed by atoms with Crippen molar-refractivity contribution in [3.8, 4) is 11.5 Å². The van der Waals surface area contributed by atoms with Gasteiger partial charge in [-0.05, 0) is 51.5 Å². The smallest absolute Gasteiger partial charge is 0.412 e. The summed E-state index contributed by atoms with van der Waals surface area (Å²) in [7, 11) is 1.70. The topological polar surface area (TPSA) is 102 Å². The summed E-state index contributed by atoms with van der Waals surface area (Å²) in [5.41, 5.74) is 1.24. The van der Waals surface area contributed by atoms with Crippen LogP contribution < -0.4 is 15.4 Å². The van der Waals surface area contributed by atoms with Gasteiger partial charge in [0, 0.05) is 25.0 Å². The van der Waals surface area contributed by atoms with Crippen LogP contribution in [0.1, 0.15) is 40.2 Å². The van der Waals surface area contributed by atoms with Crippen LogP contribution in [-0.2, 0) is 9.53 Å². The number of rotatable bonds is 6. The first-order chi connectivity index (χ1) is 14.2. The lowest BCUT2D eigenvalue weighted by atomic mass is 10.2. The lowest BCUT2D eigenvalue weighted by Gasteiger charge is -2.20. The number of aliphatic imine (C=N–C) groups is 1. The Morgan fingerprint density at radius 3 is 2.47 bits per heavy atom. The van der Waals surface area contributed by atoms with Gasteiger partial charge in [0.05, 0.1) is 6.21 Å². The third-order valence-electron chi connectivity index (χ3n) is 3.45. The Morgan fingerprint density at radius 2 is 1.90 bits per heavy atom. The highest BCUT2D eigenvalue weighted by Gasteiger charge is 2.17. The molecule has 162 valence electrons. The first kappa shape index (κ1) is 24.6. The fraction of sp³-hybridized carbons (Fsp3) is 0.364. The monoisotopic (exact) mass is 414 g/mol. The van der Waals surface area contributed by atoms with E-state index in [9.17, 15) is 9.59 Å². The summed E-state index contributed by atoms with van der Waals surface area (Å²) < 4.78 is 11.2. The second-order valence-electron chi connectivity index (χ2n) is 6.88. The van der Waals surface area contributed by atoms with Crippen LogP contribution in [0.25, 0.3) is 0 Å². The van der Waals surface area contributed by atoms with Crippen molar-refractivity contribution in [1.82, 2.24) is 4.98 Å². The minimum Gasteiger partial charge on any atom is -0.455 e. The maximum absolute atomic E-state index is 11.9. The maximum atomic E-state index is 11.9. The number of benzene rings is 1. The molecule has 8 nitrogen and oxygen atoms in total. The number of carbonyl (C=O) groups is 2. The molecule has 2 aromatic rings. The molecular formula is C22H30N4O4. The Kier molecular flexibility index (Phi) is 9.48. The molecule has 1 heterocycles. The summed E-state index contributed by atoms with van der Waals surface area (Å²) in [4.78, 5) is 30.8. The van der Waals surface area contributed by atoms with Crippen LogP contribution in [0.2, 0.25) is 0 Å². The van der Waals surface area contributed by atoms with Crippen molar-refractivity contribution < 1.29 is 19.1 Å². The molecule has 0 unspecified atom stereocenters. The summed E-state index contributed by atoms with van der Waals surface area (Å²) in [6, 6.07) is 6.87. The number of pyridine rings is 1. The van der Waals surface area contributed by atoms with Crippen molar-refractivity contribution in [1.29, 1.82) is 0 Å². The number of aromatic nitrogens is 1. The number of hydrogen-bond donors (Lipinski definition) is 2. The van der Waals surface area contributed by atoms with E-state index in [4.69, 9.17) is 9.47 Å². The Bertz CT molecular complexity index is 889. The number of ether oxygens (including phenoxy) is 2. The van der Waals surface area contributed by atoms with Gasteiger partial charge >= 0.3 is 6.09 Å². The molecule has 0 aliphatic rings. The average molecular weight is 415 g/mol. The van der Waals surface area contributed by atoms with Crippen molar-refractivity contribution in [2.75, 3.05) is 17.7 Å². The van der Waals surface area contributed by atoms with Crippen molar-refractivity contribution in [3.63, 3.8) is 0 Å². The SMILES string of the molecule is CC.CNc1nccc(Oc2ccc(NC(=O)OC(C)(C)C)c(C)c2)c1N=CC=O. The Hall–Kier alpha value is -3.42. The van der Waals surface area contributed by atoms with Crippen LogP contribution >= 0.6 is 0 Å². The summed E-state index contributed by atoms with van der Waals surface area (Å²) in [6.45, 7) is 11.2. The minimum absolute atomic E-state index is 0.408. The quantitative estimate of drug-likeness (QED) is 0.478. The molecule has 1 aromatic carbocycles. The fourth-order valence-corrected chi connectivity index (χ4v) is 2.31. The van der Waals surface area contributed by atoms with E-state index in [1.807, 2.05) is 20.8 Å². The molecule has 8 heteroatoms. The maximum Gasteiger partial charge on any atom is 0.412 e. The van der Waals surface area contributed by atoms with E-state index in [0.717, 1.165) is 11.8 Å². The second-order valence-corrected chi connectivity index (χ2v) is 6.88. The zero-order valence-corrected chi connectivity index (χ0v) is 18.6. The Balaban J connectivity index is 0.00000218. The van der Waals surface area contributed by atoms with Crippen molar-refractivity contribution in [2.45, 2.75) is 47.1 Å². The van der Waals surface area contributed by atoms with E-state index >= 15 is 0 Å². The van der Waals surface area contributed by atoms with E-state index < -0.39 is 11.7 Å². The second kappa shape index (κ2) is 11.5. The molecule has 1 aromatic heterocycles. The van der Waals surface area contributed by atoms with Crippen LogP contribution in [0.4, 0.5) is 22.0 Å². The molecule has 2 rings (SSSR count). The van der Waals surface area contributed by atoms with E-state index in [2.05, 4.69) is 20.6 Å². The van der Waals surface area contributed by atoms with Gasteiger partial charge in [-0.2, -0.15) is 0 Å². The molecule has 0 atom stereocenters. The van der Waals surface area contributed by atoms with Crippen LogP contribution in [0, 0.1) is 6.92 Å². The number of nitrogens with zero attached hydrogens (tertiary/aromatic N) is 2. The first-order valence-corrected chi connectivity index (χ1v) is 9.66. The van der Waals surface area contributed by atoms with E-state index in [1.165, 1.54) is 0 Å². The first-order valence-electron chi connectivity index (χ1n) is 9.66. The standard InChI is InChI=1S/C20H24N4O4.C2H6/c1-13-12-14(6-7-15(13)24-19(26)28-20(2,3)4)27-16-8-9-23-18(21-5)17(16)22-10-11-25;1-2/h6-12H,1-5H3,(H,21,23)(H,24,26);1-2H3. The number of amides is 1. The highest BCUT2D eigenvalue weighted by molar-refractivity contribution is 6.14. The number of aryl methyl sites for hydroxylation is 1. The number of anilines is 2.